The minimum atomic E-state index is -0.198. The number of hydrazine groups is 1. The molecule has 5 nitrogen and oxygen atoms in total. The minimum absolute atomic E-state index is 0.0404. The van der Waals surface area contributed by atoms with Crippen LogP contribution in [0.5, 0.6) is 0 Å². The maximum Gasteiger partial charge on any atom is 0.228 e. The molecule has 0 aromatic heterocycles. The molecule has 0 spiro atoms. The van der Waals surface area contributed by atoms with E-state index in [2.05, 4.69) is 22.7 Å². The van der Waals surface area contributed by atoms with Gasteiger partial charge in [0.15, 0.2) is 0 Å². The van der Waals surface area contributed by atoms with Gasteiger partial charge in [0.2, 0.25) is 5.91 Å². The Morgan fingerprint density at radius 2 is 2.00 bits per heavy atom. The summed E-state index contributed by atoms with van der Waals surface area (Å²) in [4.78, 5) is 17.2. The van der Waals surface area contributed by atoms with Gasteiger partial charge in [0.25, 0.3) is 0 Å². The molecule has 2 N–H and O–H groups in total. The Hall–Kier alpha value is -1.50. The van der Waals surface area contributed by atoms with Crippen LogP contribution in [0.2, 0.25) is 0 Å². The summed E-state index contributed by atoms with van der Waals surface area (Å²) in [5.74, 6) is 0.109. The Bertz CT molecular complexity index is 550. The molecule has 2 aliphatic rings. The molecular weight excluding hydrogens is 307 g/mol. The van der Waals surface area contributed by atoms with Crippen LogP contribution >= 0.6 is 0 Å². The monoisotopic (exact) mass is 334 g/mol. The van der Waals surface area contributed by atoms with Crippen molar-refractivity contribution in [1.29, 1.82) is 0 Å². The minimum Gasteiger partial charge on any atom is -0.341 e. The molecule has 1 aromatic carbocycles. The molecule has 0 radical (unpaired) electrons. The highest BCUT2D eigenvalue weighted by Gasteiger charge is 2.34. The largest absolute Gasteiger partial charge is 0.341 e. The van der Waals surface area contributed by atoms with Gasteiger partial charge in [-0.2, -0.15) is 0 Å². The van der Waals surface area contributed by atoms with E-state index in [1.54, 1.807) is 0 Å². The number of amides is 1. The molecule has 0 bridgehead atoms. The van der Waals surface area contributed by atoms with Crippen LogP contribution in [0.15, 0.2) is 24.3 Å². The predicted molar refractivity (Wildman–Crippen MR) is 91.6 cm³/mol. The number of nitrogens with one attached hydrogen (secondary N) is 2. The molecule has 0 aliphatic carbocycles. The molecule has 0 saturated carbocycles. The van der Waals surface area contributed by atoms with Gasteiger partial charge >= 0.3 is 0 Å². The SMILES string of the molecule is CCC1NNCC1C(=O)N1CCCN(Cc2ccc(F)cc2)CC1. The smallest absolute Gasteiger partial charge is 0.228 e. The molecule has 1 aromatic rings. The first kappa shape index (κ1) is 17.3. The maximum absolute atomic E-state index is 13.0. The lowest BCUT2D eigenvalue weighted by Gasteiger charge is -2.26. The van der Waals surface area contributed by atoms with Crippen LogP contribution in [0, 0.1) is 11.7 Å². The Morgan fingerprint density at radius 1 is 1.21 bits per heavy atom. The van der Waals surface area contributed by atoms with Gasteiger partial charge in [-0.3, -0.25) is 20.5 Å². The van der Waals surface area contributed by atoms with Gasteiger partial charge in [0.1, 0.15) is 5.82 Å². The van der Waals surface area contributed by atoms with Crippen molar-refractivity contribution < 1.29 is 9.18 Å². The molecule has 1 amide bonds. The standard InChI is InChI=1S/C18H27FN4O/c1-2-17-16(12-20-21-17)18(24)23-9-3-8-22(10-11-23)13-14-4-6-15(19)7-5-14/h4-7,16-17,20-21H,2-3,8-13H2,1H3. The van der Waals surface area contributed by atoms with E-state index in [0.717, 1.165) is 51.1 Å². The van der Waals surface area contributed by atoms with Crippen molar-refractivity contribution in [3.63, 3.8) is 0 Å². The van der Waals surface area contributed by atoms with E-state index in [-0.39, 0.29) is 23.7 Å². The average Bonchev–Trinajstić information content (AvgIpc) is 2.95. The lowest BCUT2D eigenvalue weighted by Crippen LogP contribution is -2.43. The van der Waals surface area contributed by atoms with E-state index >= 15 is 0 Å². The van der Waals surface area contributed by atoms with E-state index in [0.29, 0.717) is 6.54 Å². The average molecular weight is 334 g/mol. The third kappa shape index (κ3) is 4.12. The van der Waals surface area contributed by atoms with Crippen molar-refractivity contribution in [3.8, 4) is 0 Å². The first-order valence-corrected chi connectivity index (χ1v) is 8.91. The third-order valence-corrected chi connectivity index (χ3v) is 5.07. The van der Waals surface area contributed by atoms with E-state index in [1.165, 1.54) is 12.1 Å². The molecule has 2 atom stereocenters. The predicted octanol–water partition coefficient (Wildman–Crippen LogP) is 1.36. The number of nitrogens with zero attached hydrogens (tertiary/aromatic N) is 2. The lowest BCUT2D eigenvalue weighted by atomic mass is 9.98. The number of rotatable bonds is 4. The fraction of sp³-hybridized carbons (Fsp3) is 0.611. The van der Waals surface area contributed by atoms with Gasteiger partial charge in [0, 0.05) is 45.3 Å². The topological polar surface area (TPSA) is 47.6 Å². The van der Waals surface area contributed by atoms with Gasteiger partial charge in [-0.25, -0.2) is 4.39 Å². The molecule has 24 heavy (non-hydrogen) atoms. The normalized spacial score (nSPS) is 25.7. The highest BCUT2D eigenvalue weighted by Crippen LogP contribution is 2.17. The maximum atomic E-state index is 13.0. The van der Waals surface area contributed by atoms with Crippen LogP contribution < -0.4 is 10.9 Å². The number of carbonyl (C=O) groups is 1. The summed E-state index contributed by atoms with van der Waals surface area (Å²) in [7, 11) is 0. The summed E-state index contributed by atoms with van der Waals surface area (Å²) in [5, 5.41) is 0. The first-order valence-electron chi connectivity index (χ1n) is 8.91. The molecule has 132 valence electrons. The van der Waals surface area contributed by atoms with Crippen LogP contribution in [-0.2, 0) is 11.3 Å². The highest BCUT2D eigenvalue weighted by molar-refractivity contribution is 5.80. The third-order valence-electron chi connectivity index (χ3n) is 5.07. The molecule has 2 unspecified atom stereocenters. The zero-order valence-corrected chi connectivity index (χ0v) is 14.3. The van der Waals surface area contributed by atoms with Crippen molar-refractivity contribution in [3.05, 3.63) is 35.6 Å². The Morgan fingerprint density at radius 3 is 2.75 bits per heavy atom. The van der Waals surface area contributed by atoms with Crippen LogP contribution in [0.1, 0.15) is 25.3 Å². The quantitative estimate of drug-likeness (QED) is 0.873. The summed E-state index contributed by atoms with van der Waals surface area (Å²) in [6.45, 7) is 7.07. The van der Waals surface area contributed by atoms with Gasteiger partial charge in [-0.05, 0) is 30.5 Å². The van der Waals surface area contributed by atoms with Crippen molar-refractivity contribution in [2.75, 3.05) is 32.7 Å². The summed E-state index contributed by atoms with van der Waals surface area (Å²) in [6.07, 6.45) is 1.94. The summed E-state index contributed by atoms with van der Waals surface area (Å²) in [6, 6.07) is 6.92. The molecule has 2 saturated heterocycles. The molecule has 2 fully saturated rings. The summed E-state index contributed by atoms with van der Waals surface area (Å²) in [5.41, 5.74) is 7.43. The zero-order valence-electron chi connectivity index (χ0n) is 14.3. The number of benzene rings is 1. The zero-order chi connectivity index (χ0) is 16.9. The van der Waals surface area contributed by atoms with Crippen LogP contribution in [-0.4, -0.2) is 54.5 Å². The number of hydrogen-bond acceptors (Lipinski definition) is 4. The van der Waals surface area contributed by atoms with Gasteiger partial charge in [-0.1, -0.05) is 19.1 Å². The fourth-order valence-electron chi connectivity index (χ4n) is 3.62. The lowest BCUT2D eigenvalue weighted by molar-refractivity contribution is -0.135. The van der Waals surface area contributed by atoms with E-state index in [1.807, 2.05) is 17.0 Å². The second-order valence-electron chi connectivity index (χ2n) is 6.73. The van der Waals surface area contributed by atoms with E-state index in [9.17, 15) is 9.18 Å². The van der Waals surface area contributed by atoms with Crippen molar-refractivity contribution in [2.24, 2.45) is 5.92 Å². The van der Waals surface area contributed by atoms with E-state index < -0.39 is 0 Å². The number of carbonyl (C=O) groups excluding carboxylic acids is 1. The second kappa shape index (κ2) is 8.05. The molecular formula is C18H27FN4O. The number of halogens is 1. The molecule has 3 rings (SSSR count). The van der Waals surface area contributed by atoms with Crippen molar-refractivity contribution in [2.45, 2.75) is 32.4 Å². The Balaban J connectivity index is 1.54. The van der Waals surface area contributed by atoms with Crippen LogP contribution in [0.4, 0.5) is 4.39 Å². The van der Waals surface area contributed by atoms with E-state index in [4.69, 9.17) is 0 Å². The van der Waals surface area contributed by atoms with Crippen LogP contribution in [0.25, 0.3) is 0 Å². The molecule has 6 heteroatoms. The highest BCUT2D eigenvalue weighted by atomic mass is 19.1. The fourth-order valence-corrected chi connectivity index (χ4v) is 3.62. The van der Waals surface area contributed by atoms with Crippen molar-refractivity contribution >= 4 is 5.91 Å². The van der Waals surface area contributed by atoms with Gasteiger partial charge in [0.05, 0.1) is 5.92 Å². The van der Waals surface area contributed by atoms with Crippen molar-refractivity contribution in [1.82, 2.24) is 20.7 Å². The second-order valence-corrected chi connectivity index (χ2v) is 6.73. The molecule has 2 heterocycles. The number of hydrogen-bond donors (Lipinski definition) is 2. The van der Waals surface area contributed by atoms with Gasteiger partial charge in [-0.15, -0.1) is 0 Å². The van der Waals surface area contributed by atoms with Crippen LogP contribution in [0.3, 0.4) is 0 Å². The summed E-state index contributed by atoms with van der Waals surface area (Å²) >= 11 is 0. The Labute approximate surface area is 143 Å². The first-order chi connectivity index (χ1) is 11.7. The molecule has 2 aliphatic heterocycles. The van der Waals surface area contributed by atoms with Gasteiger partial charge < -0.3 is 4.90 Å². The summed E-state index contributed by atoms with van der Waals surface area (Å²) < 4.78 is 13.0. The Kier molecular flexibility index (Phi) is 5.81.